The van der Waals surface area contributed by atoms with E-state index in [1.807, 2.05) is 19.9 Å². The number of carbonyl (C=O) groups excluding carboxylic acids is 2. The van der Waals surface area contributed by atoms with Crippen molar-refractivity contribution < 1.29 is 18.0 Å². The van der Waals surface area contributed by atoms with Crippen molar-refractivity contribution in [2.75, 3.05) is 19.6 Å². The monoisotopic (exact) mass is 444 g/mol. The number of benzene rings is 1. The van der Waals surface area contributed by atoms with Crippen molar-refractivity contribution in [3.63, 3.8) is 0 Å². The summed E-state index contributed by atoms with van der Waals surface area (Å²) in [7, 11) is -3.91. The molecule has 9 heteroatoms. The summed E-state index contributed by atoms with van der Waals surface area (Å²) in [6.45, 7) is 5.95. The van der Waals surface area contributed by atoms with Crippen LogP contribution in [0.3, 0.4) is 0 Å². The second-order valence-electron chi connectivity index (χ2n) is 7.86. The predicted molar refractivity (Wildman–Crippen MR) is 117 cm³/mol. The summed E-state index contributed by atoms with van der Waals surface area (Å²) in [4.78, 5) is 30.7. The molecule has 1 aromatic heterocycles. The maximum atomic E-state index is 13.4. The Balaban J connectivity index is 1.84. The smallest absolute Gasteiger partial charge is 0.243 e. The third kappa shape index (κ3) is 5.29. The topological polar surface area (TPSA) is 99.7 Å². The van der Waals surface area contributed by atoms with Crippen LogP contribution < -0.4 is 5.32 Å². The van der Waals surface area contributed by atoms with Gasteiger partial charge in [-0.15, -0.1) is 0 Å². The Morgan fingerprint density at radius 1 is 1.13 bits per heavy atom. The normalized spacial score (nSPS) is 17.5. The highest BCUT2D eigenvalue weighted by Crippen LogP contribution is 2.24. The minimum Gasteiger partial charge on any atom is -0.349 e. The number of amides is 2. The van der Waals surface area contributed by atoms with Crippen LogP contribution in [0.4, 0.5) is 0 Å². The van der Waals surface area contributed by atoms with Gasteiger partial charge in [0.25, 0.3) is 0 Å². The van der Waals surface area contributed by atoms with Crippen LogP contribution >= 0.6 is 0 Å². The lowest BCUT2D eigenvalue weighted by Crippen LogP contribution is -2.61. The molecule has 1 unspecified atom stereocenters. The molecule has 0 spiro atoms. The second kappa shape index (κ2) is 9.57. The molecule has 0 bridgehead atoms. The number of rotatable bonds is 6. The largest absolute Gasteiger partial charge is 0.349 e. The number of nitrogens with zero attached hydrogens (tertiary/aromatic N) is 3. The van der Waals surface area contributed by atoms with Gasteiger partial charge in [0.2, 0.25) is 21.8 Å². The fourth-order valence-corrected chi connectivity index (χ4v) is 5.08. The summed E-state index contributed by atoms with van der Waals surface area (Å²) < 4.78 is 27.9. The maximum absolute atomic E-state index is 13.4. The van der Waals surface area contributed by atoms with E-state index in [4.69, 9.17) is 0 Å². The number of aromatic nitrogens is 1. The minimum absolute atomic E-state index is 0.00664. The van der Waals surface area contributed by atoms with Crippen LogP contribution in [0.5, 0.6) is 0 Å². The summed E-state index contributed by atoms with van der Waals surface area (Å²) in [6, 6.07) is 11.1. The van der Waals surface area contributed by atoms with E-state index in [9.17, 15) is 18.0 Å². The molecule has 0 aliphatic carbocycles. The van der Waals surface area contributed by atoms with E-state index < -0.39 is 22.0 Å². The third-order valence-electron chi connectivity index (χ3n) is 5.40. The first kappa shape index (κ1) is 22.9. The number of hydrogen-bond acceptors (Lipinski definition) is 5. The van der Waals surface area contributed by atoms with Crippen molar-refractivity contribution in [2.45, 2.75) is 44.2 Å². The van der Waals surface area contributed by atoms with E-state index in [1.54, 1.807) is 42.6 Å². The van der Waals surface area contributed by atoms with E-state index >= 15 is 0 Å². The van der Waals surface area contributed by atoms with E-state index in [0.717, 1.165) is 5.56 Å². The highest BCUT2D eigenvalue weighted by molar-refractivity contribution is 7.89. The molecule has 166 valence electrons. The molecule has 31 heavy (non-hydrogen) atoms. The molecule has 1 atom stereocenters. The minimum atomic E-state index is -3.91. The molecule has 1 aromatic carbocycles. The number of carbonyl (C=O) groups is 2. The summed E-state index contributed by atoms with van der Waals surface area (Å²) in [5, 5.41) is 2.76. The first-order valence-electron chi connectivity index (χ1n) is 10.2. The lowest BCUT2D eigenvalue weighted by molar-refractivity contribution is -0.134. The van der Waals surface area contributed by atoms with Gasteiger partial charge in [0.1, 0.15) is 6.04 Å². The van der Waals surface area contributed by atoms with Crippen LogP contribution in [0.1, 0.15) is 37.9 Å². The first-order chi connectivity index (χ1) is 14.7. The number of piperazine rings is 1. The van der Waals surface area contributed by atoms with Crippen molar-refractivity contribution in [3.8, 4) is 0 Å². The molecular formula is C22H28N4O4S. The maximum Gasteiger partial charge on any atom is 0.243 e. The molecule has 3 rings (SSSR count). The Hall–Kier alpha value is -2.78. The summed E-state index contributed by atoms with van der Waals surface area (Å²) in [5.41, 5.74) is 1.69. The molecule has 2 aromatic rings. The van der Waals surface area contributed by atoms with Gasteiger partial charge in [0.05, 0.1) is 17.1 Å². The number of pyridine rings is 1. The SMILES string of the molecule is CC(=O)N1CCN(S(=O)(=O)c2ccc(C(C)C)cc2)C(C(=O)NCc2ccccn2)C1. The Labute approximate surface area is 183 Å². The molecular weight excluding hydrogens is 416 g/mol. The highest BCUT2D eigenvalue weighted by atomic mass is 32.2. The van der Waals surface area contributed by atoms with E-state index in [-0.39, 0.29) is 42.9 Å². The average molecular weight is 445 g/mol. The van der Waals surface area contributed by atoms with E-state index in [1.165, 1.54) is 16.1 Å². The molecule has 0 saturated carbocycles. The fraction of sp³-hybridized carbons (Fsp3) is 0.409. The lowest BCUT2D eigenvalue weighted by Gasteiger charge is -2.39. The first-order valence-corrected chi connectivity index (χ1v) is 11.7. The number of nitrogens with one attached hydrogen (secondary N) is 1. The predicted octanol–water partition coefficient (Wildman–Crippen LogP) is 1.74. The van der Waals surface area contributed by atoms with Gasteiger partial charge in [-0.1, -0.05) is 32.0 Å². The van der Waals surface area contributed by atoms with Crippen LogP contribution in [0.15, 0.2) is 53.6 Å². The van der Waals surface area contributed by atoms with Gasteiger partial charge >= 0.3 is 0 Å². The fourth-order valence-electron chi connectivity index (χ4n) is 3.51. The van der Waals surface area contributed by atoms with Gasteiger partial charge < -0.3 is 10.2 Å². The summed E-state index contributed by atoms with van der Waals surface area (Å²) in [6.07, 6.45) is 1.62. The Bertz CT molecular complexity index is 1020. The summed E-state index contributed by atoms with van der Waals surface area (Å²) in [5.74, 6) is -0.374. The standard InChI is InChI=1S/C22H28N4O4S/c1-16(2)18-7-9-20(10-8-18)31(29,30)26-13-12-25(17(3)27)15-21(26)22(28)24-14-19-6-4-5-11-23-19/h4-11,16,21H,12-15H2,1-3H3,(H,24,28). The van der Waals surface area contributed by atoms with Gasteiger partial charge in [0.15, 0.2) is 0 Å². The molecule has 1 aliphatic rings. The Morgan fingerprint density at radius 2 is 1.84 bits per heavy atom. The van der Waals surface area contributed by atoms with E-state index in [2.05, 4.69) is 10.3 Å². The second-order valence-corrected chi connectivity index (χ2v) is 9.75. The Kier molecular flexibility index (Phi) is 7.07. The van der Waals surface area contributed by atoms with Crippen LogP contribution in [0, 0.1) is 0 Å². The number of sulfonamides is 1. The zero-order valence-corrected chi connectivity index (χ0v) is 18.8. The van der Waals surface area contributed by atoms with Gasteiger partial charge in [0, 0.05) is 32.8 Å². The Morgan fingerprint density at radius 3 is 2.42 bits per heavy atom. The summed E-state index contributed by atoms with van der Waals surface area (Å²) >= 11 is 0. The molecule has 1 saturated heterocycles. The van der Waals surface area contributed by atoms with Crippen molar-refractivity contribution in [2.24, 2.45) is 0 Å². The quantitative estimate of drug-likeness (QED) is 0.732. The number of hydrogen-bond donors (Lipinski definition) is 1. The molecule has 1 fully saturated rings. The van der Waals surface area contributed by atoms with Crippen LogP contribution in [-0.2, 0) is 26.2 Å². The van der Waals surface area contributed by atoms with E-state index in [0.29, 0.717) is 5.69 Å². The lowest BCUT2D eigenvalue weighted by atomic mass is 10.0. The van der Waals surface area contributed by atoms with Gasteiger partial charge in [-0.3, -0.25) is 14.6 Å². The average Bonchev–Trinajstić information content (AvgIpc) is 2.77. The van der Waals surface area contributed by atoms with Crippen LogP contribution in [0.25, 0.3) is 0 Å². The van der Waals surface area contributed by atoms with Gasteiger partial charge in [-0.2, -0.15) is 4.31 Å². The molecule has 2 heterocycles. The zero-order valence-electron chi connectivity index (χ0n) is 18.0. The third-order valence-corrected chi connectivity index (χ3v) is 7.32. The van der Waals surface area contributed by atoms with Crippen molar-refractivity contribution in [3.05, 3.63) is 59.9 Å². The van der Waals surface area contributed by atoms with Crippen molar-refractivity contribution >= 4 is 21.8 Å². The van der Waals surface area contributed by atoms with Crippen LogP contribution in [-0.4, -0.2) is 60.1 Å². The molecule has 8 nitrogen and oxygen atoms in total. The van der Waals surface area contributed by atoms with Crippen molar-refractivity contribution in [1.29, 1.82) is 0 Å². The highest BCUT2D eigenvalue weighted by Gasteiger charge is 2.40. The molecule has 0 radical (unpaired) electrons. The molecule has 1 aliphatic heterocycles. The van der Waals surface area contributed by atoms with Gasteiger partial charge in [-0.05, 0) is 35.7 Å². The molecule has 1 N–H and O–H groups in total. The van der Waals surface area contributed by atoms with Crippen molar-refractivity contribution in [1.82, 2.24) is 19.5 Å². The van der Waals surface area contributed by atoms with Crippen LogP contribution in [0.2, 0.25) is 0 Å². The molecule has 2 amide bonds. The zero-order chi connectivity index (χ0) is 22.6. The van der Waals surface area contributed by atoms with Gasteiger partial charge in [-0.25, -0.2) is 8.42 Å².